The van der Waals surface area contributed by atoms with Crippen LogP contribution in [0.1, 0.15) is 0 Å². The second kappa shape index (κ2) is 14.3. The number of aromatic nitrogens is 4. The van der Waals surface area contributed by atoms with Gasteiger partial charge in [0.05, 0.1) is 11.2 Å². The molecule has 0 atom stereocenters. The highest BCUT2D eigenvalue weighted by Gasteiger charge is 2.16. The van der Waals surface area contributed by atoms with Gasteiger partial charge in [0, 0.05) is 38.4 Å². The average Bonchev–Trinajstić information content (AvgIpc) is 3.29. The topological polar surface area (TPSA) is 51.6 Å². The number of para-hydroxylation sites is 1. The van der Waals surface area contributed by atoms with Crippen LogP contribution < -0.4 is 0 Å². The summed E-state index contributed by atoms with van der Waals surface area (Å²) in [5.41, 5.74) is 12.7. The van der Waals surface area contributed by atoms with Crippen molar-refractivity contribution in [2.24, 2.45) is 0 Å². The van der Waals surface area contributed by atoms with Gasteiger partial charge in [-0.2, -0.15) is 0 Å². The van der Waals surface area contributed by atoms with Crippen molar-refractivity contribution < 1.29 is 0 Å². The summed E-state index contributed by atoms with van der Waals surface area (Å²) in [4.78, 5) is 20.3. The molecule has 0 radical (unpaired) electrons. The van der Waals surface area contributed by atoms with Gasteiger partial charge in [-0.3, -0.25) is 0 Å². The third kappa shape index (κ3) is 6.29. The molecule has 2 heterocycles. The first-order valence-corrected chi connectivity index (χ1v) is 18.8. The molecule has 0 aliphatic rings. The molecule has 0 fully saturated rings. The third-order valence-electron chi connectivity index (χ3n) is 10.4. The molecule has 0 aliphatic carbocycles. The molecule has 0 saturated heterocycles. The van der Waals surface area contributed by atoms with E-state index in [-0.39, 0.29) is 0 Å². The Morgan fingerprint density at radius 2 is 0.607 bits per heavy atom. The zero-order valence-corrected chi connectivity index (χ0v) is 30.4. The van der Waals surface area contributed by atoms with E-state index < -0.39 is 0 Å². The summed E-state index contributed by atoms with van der Waals surface area (Å²) < 4.78 is 0. The lowest BCUT2D eigenvalue weighted by Crippen LogP contribution is -2.00. The van der Waals surface area contributed by atoms with Gasteiger partial charge in [-0.1, -0.05) is 200 Å². The largest absolute Gasteiger partial charge is 0.247 e. The minimum Gasteiger partial charge on any atom is -0.247 e. The molecule has 0 bridgehead atoms. The van der Waals surface area contributed by atoms with Crippen molar-refractivity contribution in [2.75, 3.05) is 0 Å². The van der Waals surface area contributed by atoms with Crippen LogP contribution >= 0.6 is 0 Å². The molecule has 2 aromatic heterocycles. The maximum absolute atomic E-state index is 5.15. The van der Waals surface area contributed by atoms with Gasteiger partial charge in [-0.25, -0.2) is 19.9 Å². The Hall–Kier alpha value is -7.56. The van der Waals surface area contributed by atoms with Crippen LogP contribution in [-0.2, 0) is 0 Å². The maximum Gasteiger partial charge on any atom is 0.164 e. The van der Waals surface area contributed by atoms with Gasteiger partial charge in [0.25, 0.3) is 0 Å². The molecule has 0 amide bonds. The van der Waals surface area contributed by atoms with Gasteiger partial charge in [-0.05, 0) is 39.4 Å². The Bertz CT molecular complexity index is 2860. The minimum absolute atomic E-state index is 0.620. The third-order valence-corrected chi connectivity index (χ3v) is 10.4. The molecule has 8 aromatic carbocycles. The summed E-state index contributed by atoms with van der Waals surface area (Å²) in [6, 6.07) is 71.6. The summed E-state index contributed by atoms with van der Waals surface area (Å²) >= 11 is 0. The molecule has 0 unspecified atom stereocenters. The summed E-state index contributed by atoms with van der Waals surface area (Å²) in [6.07, 6.45) is 0. The highest BCUT2D eigenvalue weighted by molar-refractivity contribution is 6.17. The first-order valence-electron chi connectivity index (χ1n) is 18.8. The van der Waals surface area contributed by atoms with E-state index in [1.807, 2.05) is 18.2 Å². The van der Waals surface area contributed by atoms with Crippen molar-refractivity contribution >= 4 is 21.7 Å². The Balaban J connectivity index is 1.07. The zero-order chi connectivity index (χ0) is 37.3. The predicted molar refractivity (Wildman–Crippen MR) is 231 cm³/mol. The number of pyridine rings is 1. The van der Waals surface area contributed by atoms with E-state index in [1.165, 1.54) is 16.5 Å². The monoisotopic (exact) mass is 714 g/mol. The normalized spacial score (nSPS) is 11.2. The van der Waals surface area contributed by atoms with E-state index in [9.17, 15) is 0 Å². The molecule has 0 aliphatic heterocycles. The quantitative estimate of drug-likeness (QED) is 0.154. The van der Waals surface area contributed by atoms with Crippen LogP contribution in [0, 0.1) is 0 Å². The van der Waals surface area contributed by atoms with Gasteiger partial charge in [-0.15, -0.1) is 0 Å². The summed E-state index contributed by atoms with van der Waals surface area (Å²) in [5.74, 6) is 1.87. The molecule has 10 aromatic rings. The first-order chi connectivity index (χ1) is 27.7. The fourth-order valence-corrected chi connectivity index (χ4v) is 7.51. The fourth-order valence-electron chi connectivity index (χ4n) is 7.51. The van der Waals surface area contributed by atoms with Crippen molar-refractivity contribution in [1.29, 1.82) is 0 Å². The second-order valence-electron chi connectivity index (χ2n) is 13.8. The number of nitrogens with zero attached hydrogens (tertiary/aromatic N) is 4. The van der Waals surface area contributed by atoms with Gasteiger partial charge in [0.2, 0.25) is 0 Å². The predicted octanol–water partition coefficient (Wildman–Crippen LogP) is 13.2. The number of rotatable bonds is 7. The minimum atomic E-state index is 0.620. The van der Waals surface area contributed by atoms with Crippen LogP contribution in [0.25, 0.3) is 100 Å². The van der Waals surface area contributed by atoms with E-state index in [1.54, 1.807) is 0 Å². The molecular formula is C52H34N4. The van der Waals surface area contributed by atoms with Crippen LogP contribution in [0.15, 0.2) is 206 Å². The van der Waals surface area contributed by atoms with Crippen molar-refractivity contribution in [1.82, 2.24) is 19.9 Å². The molecular weight excluding hydrogens is 681 g/mol. The van der Waals surface area contributed by atoms with E-state index >= 15 is 0 Å². The lowest BCUT2D eigenvalue weighted by Gasteiger charge is -2.14. The van der Waals surface area contributed by atoms with Gasteiger partial charge < -0.3 is 0 Å². The van der Waals surface area contributed by atoms with Crippen molar-refractivity contribution in [3.63, 3.8) is 0 Å². The summed E-state index contributed by atoms with van der Waals surface area (Å²) in [7, 11) is 0. The second-order valence-corrected chi connectivity index (χ2v) is 13.8. The van der Waals surface area contributed by atoms with Gasteiger partial charge in [0.1, 0.15) is 0 Å². The molecule has 56 heavy (non-hydrogen) atoms. The summed E-state index contributed by atoms with van der Waals surface area (Å²) in [5, 5.41) is 3.44. The SMILES string of the molecule is c1ccc(-c2ccc(-c3nc(-c4ccc(-c5ccccc5)cc4)nc(-c4ccc(-c5cccc6c(-c7ccccc7)nc7ccccc7c56)cc4)n3)cc2)cc1. The van der Waals surface area contributed by atoms with E-state index in [0.717, 1.165) is 66.5 Å². The molecule has 4 nitrogen and oxygen atoms in total. The first kappa shape index (κ1) is 33.0. The number of hydrogen-bond donors (Lipinski definition) is 0. The van der Waals surface area contributed by atoms with Crippen molar-refractivity contribution in [3.05, 3.63) is 206 Å². The van der Waals surface area contributed by atoms with Gasteiger partial charge >= 0.3 is 0 Å². The Morgan fingerprint density at radius 1 is 0.232 bits per heavy atom. The van der Waals surface area contributed by atoms with Crippen LogP contribution in [-0.4, -0.2) is 19.9 Å². The number of benzene rings is 8. The maximum atomic E-state index is 5.15. The molecule has 0 spiro atoms. The van der Waals surface area contributed by atoms with Crippen LogP contribution in [0.4, 0.5) is 0 Å². The lowest BCUT2D eigenvalue weighted by molar-refractivity contribution is 1.07. The van der Waals surface area contributed by atoms with E-state index in [2.05, 4.69) is 188 Å². The van der Waals surface area contributed by atoms with Crippen molar-refractivity contribution in [2.45, 2.75) is 0 Å². The Morgan fingerprint density at radius 3 is 1.11 bits per heavy atom. The highest BCUT2D eigenvalue weighted by atomic mass is 15.0. The Labute approximate surface area is 325 Å². The highest BCUT2D eigenvalue weighted by Crippen LogP contribution is 2.39. The molecule has 262 valence electrons. The van der Waals surface area contributed by atoms with Crippen LogP contribution in [0.5, 0.6) is 0 Å². The van der Waals surface area contributed by atoms with Crippen molar-refractivity contribution in [3.8, 4) is 78.8 Å². The molecule has 4 heteroatoms. The van der Waals surface area contributed by atoms with Crippen LogP contribution in [0.2, 0.25) is 0 Å². The van der Waals surface area contributed by atoms with E-state index in [4.69, 9.17) is 19.9 Å². The fraction of sp³-hybridized carbons (Fsp3) is 0. The molecule has 0 saturated carbocycles. The lowest BCUT2D eigenvalue weighted by atomic mass is 9.92. The number of hydrogen-bond acceptors (Lipinski definition) is 4. The Kier molecular flexibility index (Phi) is 8.47. The zero-order valence-electron chi connectivity index (χ0n) is 30.4. The van der Waals surface area contributed by atoms with Gasteiger partial charge in [0.15, 0.2) is 17.5 Å². The van der Waals surface area contributed by atoms with E-state index in [0.29, 0.717) is 17.5 Å². The molecule has 10 rings (SSSR count). The molecule has 0 N–H and O–H groups in total. The summed E-state index contributed by atoms with van der Waals surface area (Å²) in [6.45, 7) is 0. The van der Waals surface area contributed by atoms with Crippen LogP contribution in [0.3, 0.4) is 0 Å². The average molecular weight is 715 g/mol. The smallest absolute Gasteiger partial charge is 0.164 e. The number of fused-ring (bicyclic) bond motifs is 3. The standard InChI is InChI=1S/C52H34N4/c1-4-13-35(14-5-1)37-23-29-41(30-24-37)50-54-51(42-31-25-38(26-32-42)36-15-6-2-7-16-36)56-52(55-50)43-33-27-39(28-34-43)44-20-12-21-46-48(44)45-19-10-11-22-47(45)53-49(46)40-17-8-3-9-18-40/h1-34H.